The molecular weight excluding hydrogens is 158 g/mol. The summed E-state index contributed by atoms with van der Waals surface area (Å²) in [5.74, 6) is 1.02. The summed E-state index contributed by atoms with van der Waals surface area (Å²) < 4.78 is 2.73. The number of fused-ring (bicyclic) bond motifs is 1. The number of aromatic nitrogens is 5. The van der Waals surface area contributed by atoms with Gasteiger partial charge < -0.3 is 0 Å². The fourth-order valence-electron chi connectivity index (χ4n) is 1.00. The molecule has 0 aromatic carbocycles. The van der Waals surface area contributed by atoms with Gasteiger partial charge in [-0.3, -0.25) is 4.79 Å². The van der Waals surface area contributed by atoms with Crippen LogP contribution in [0, 0.1) is 6.92 Å². The standard InChI is InChI=1S/C6H7N5O/c1-4-8-6-10(2)7-3-5(12)11(6)9-4/h3H,1-2H3. The van der Waals surface area contributed by atoms with Gasteiger partial charge in [0.05, 0.1) is 0 Å². The van der Waals surface area contributed by atoms with Crippen molar-refractivity contribution in [1.82, 2.24) is 24.4 Å². The monoisotopic (exact) mass is 165 g/mol. The third-order valence-corrected chi connectivity index (χ3v) is 1.54. The van der Waals surface area contributed by atoms with Crippen molar-refractivity contribution in [2.24, 2.45) is 7.05 Å². The van der Waals surface area contributed by atoms with E-state index in [-0.39, 0.29) is 5.56 Å². The van der Waals surface area contributed by atoms with E-state index in [1.165, 1.54) is 15.4 Å². The van der Waals surface area contributed by atoms with Crippen molar-refractivity contribution in [2.45, 2.75) is 6.92 Å². The zero-order valence-electron chi connectivity index (χ0n) is 6.72. The van der Waals surface area contributed by atoms with Crippen LogP contribution in [0.1, 0.15) is 5.82 Å². The SMILES string of the molecule is Cc1nc2n(C)ncc(=O)n2n1. The number of aryl methyl sites for hydroxylation is 2. The minimum absolute atomic E-state index is 0.260. The van der Waals surface area contributed by atoms with Gasteiger partial charge in [-0.2, -0.15) is 14.6 Å². The molecule has 62 valence electrons. The van der Waals surface area contributed by atoms with E-state index in [0.29, 0.717) is 11.6 Å². The van der Waals surface area contributed by atoms with Gasteiger partial charge in [0.2, 0.25) is 0 Å². The molecule has 0 aliphatic heterocycles. The number of hydrogen-bond donors (Lipinski definition) is 0. The molecule has 0 N–H and O–H groups in total. The highest BCUT2D eigenvalue weighted by Gasteiger charge is 2.04. The summed E-state index contributed by atoms with van der Waals surface area (Å²) in [6, 6.07) is 0. The lowest BCUT2D eigenvalue weighted by Gasteiger charge is -1.94. The van der Waals surface area contributed by atoms with E-state index in [9.17, 15) is 4.79 Å². The number of nitrogens with zero attached hydrogens (tertiary/aromatic N) is 5. The second kappa shape index (κ2) is 2.13. The lowest BCUT2D eigenvalue weighted by atomic mass is 10.8. The van der Waals surface area contributed by atoms with Gasteiger partial charge in [0.1, 0.15) is 12.0 Å². The largest absolute Gasteiger partial charge is 0.294 e. The normalized spacial score (nSPS) is 10.8. The van der Waals surface area contributed by atoms with Crippen molar-refractivity contribution in [1.29, 1.82) is 0 Å². The lowest BCUT2D eigenvalue weighted by Crippen LogP contribution is -2.18. The summed E-state index contributed by atoms with van der Waals surface area (Å²) in [5.41, 5.74) is -0.260. The third-order valence-electron chi connectivity index (χ3n) is 1.54. The van der Waals surface area contributed by atoms with Gasteiger partial charge in [0, 0.05) is 7.05 Å². The van der Waals surface area contributed by atoms with Crippen LogP contribution < -0.4 is 5.56 Å². The smallest absolute Gasteiger partial charge is 0.265 e. The average molecular weight is 165 g/mol. The molecule has 2 aromatic rings. The molecule has 0 atom stereocenters. The molecule has 0 saturated carbocycles. The first-order valence-corrected chi connectivity index (χ1v) is 3.44. The van der Waals surface area contributed by atoms with Gasteiger partial charge in [0.15, 0.2) is 0 Å². The highest BCUT2D eigenvalue weighted by atomic mass is 16.1. The van der Waals surface area contributed by atoms with Crippen LogP contribution in [-0.4, -0.2) is 24.4 Å². The van der Waals surface area contributed by atoms with Crippen molar-refractivity contribution < 1.29 is 0 Å². The molecule has 0 aliphatic carbocycles. The molecular formula is C6H7N5O. The first-order valence-electron chi connectivity index (χ1n) is 3.44. The number of hydrogen-bond acceptors (Lipinski definition) is 4. The summed E-state index contributed by atoms with van der Waals surface area (Å²) >= 11 is 0. The van der Waals surface area contributed by atoms with E-state index in [2.05, 4.69) is 15.2 Å². The Labute approximate surface area is 67.5 Å². The van der Waals surface area contributed by atoms with Crippen LogP contribution >= 0.6 is 0 Å². The molecule has 0 spiro atoms. The molecule has 6 nitrogen and oxygen atoms in total. The predicted octanol–water partition coefficient (Wildman–Crippen LogP) is -0.869. The van der Waals surface area contributed by atoms with E-state index in [1.807, 2.05) is 0 Å². The van der Waals surface area contributed by atoms with Crippen LogP contribution in [0.25, 0.3) is 5.78 Å². The highest BCUT2D eigenvalue weighted by molar-refractivity contribution is 5.24. The van der Waals surface area contributed by atoms with Crippen LogP contribution in [0.4, 0.5) is 0 Å². The van der Waals surface area contributed by atoms with E-state index in [4.69, 9.17) is 0 Å². The molecule has 2 aromatic heterocycles. The molecule has 0 radical (unpaired) electrons. The molecule has 2 rings (SSSR count). The van der Waals surface area contributed by atoms with Gasteiger partial charge in [0.25, 0.3) is 11.3 Å². The fraction of sp³-hybridized carbons (Fsp3) is 0.333. The Balaban J connectivity index is 3.03. The summed E-state index contributed by atoms with van der Waals surface area (Å²) in [7, 11) is 1.71. The topological polar surface area (TPSA) is 65.1 Å². The molecule has 0 fully saturated rings. The Morgan fingerprint density at radius 2 is 2.25 bits per heavy atom. The summed E-state index contributed by atoms with van der Waals surface area (Å²) in [6.07, 6.45) is 1.21. The van der Waals surface area contributed by atoms with Crippen LogP contribution in [0.2, 0.25) is 0 Å². The van der Waals surface area contributed by atoms with Crippen molar-refractivity contribution in [3.8, 4) is 0 Å². The molecule has 0 bridgehead atoms. The summed E-state index contributed by atoms with van der Waals surface area (Å²) in [4.78, 5) is 15.2. The Hall–Kier alpha value is -1.72. The minimum Gasteiger partial charge on any atom is -0.265 e. The predicted molar refractivity (Wildman–Crippen MR) is 40.8 cm³/mol. The molecule has 2 heterocycles. The molecule has 0 aliphatic rings. The minimum atomic E-state index is -0.260. The third kappa shape index (κ3) is 0.810. The first-order chi connectivity index (χ1) is 5.68. The average Bonchev–Trinajstić information content (AvgIpc) is 2.41. The van der Waals surface area contributed by atoms with Crippen molar-refractivity contribution >= 4 is 5.78 Å². The van der Waals surface area contributed by atoms with E-state index >= 15 is 0 Å². The van der Waals surface area contributed by atoms with E-state index in [0.717, 1.165) is 0 Å². The molecule has 0 amide bonds. The second-order valence-corrected chi connectivity index (χ2v) is 2.48. The van der Waals surface area contributed by atoms with E-state index < -0.39 is 0 Å². The van der Waals surface area contributed by atoms with Crippen LogP contribution in [0.3, 0.4) is 0 Å². The first kappa shape index (κ1) is 6.96. The summed E-state index contributed by atoms with van der Waals surface area (Å²) in [6.45, 7) is 1.73. The van der Waals surface area contributed by atoms with Crippen LogP contribution in [0.5, 0.6) is 0 Å². The zero-order chi connectivity index (χ0) is 8.72. The maximum atomic E-state index is 11.1. The quantitative estimate of drug-likeness (QED) is 0.509. The van der Waals surface area contributed by atoms with Crippen molar-refractivity contribution in [2.75, 3.05) is 0 Å². The van der Waals surface area contributed by atoms with Gasteiger partial charge in [-0.1, -0.05) is 0 Å². The fourth-order valence-corrected chi connectivity index (χ4v) is 1.00. The van der Waals surface area contributed by atoms with Crippen LogP contribution in [0.15, 0.2) is 11.0 Å². The van der Waals surface area contributed by atoms with Crippen molar-refractivity contribution in [3.05, 3.63) is 22.4 Å². The zero-order valence-corrected chi connectivity index (χ0v) is 6.72. The Bertz CT molecular complexity index is 482. The number of rotatable bonds is 0. The van der Waals surface area contributed by atoms with Gasteiger partial charge in [-0.25, -0.2) is 4.68 Å². The van der Waals surface area contributed by atoms with Gasteiger partial charge in [-0.15, -0.1) is 5.10 Å². The molecule has 0 unspecified atom stereocenters. The Kier molecular flexibility index (Phi) is 1.24. The maximum Gasteiger partial charge on any atom is 0.294 e. The molecule has 12 heavy (non-hydrogen) atoms. The lowest BCUT2D eigenvalue weighted by molar-refractivity contribution is 0.703. The Morgan fingerprint density at radius 3 is 2.92 bits per heavy atom. The van der Waals surface area contributed by atoms with Crippen LogP contribution in [-0.2, 0) is 7.05 Å². The highest BCUT2D eigenvalue weighted by Crippen LogP contribution is 1.92. The van der Waals surface area contributed by atoms with Gasteiger partial charge in [-0.05, 0) is 6.92 Å². The maximum absolute atomic E-state index is 11.1. The van der Waals surface area contributed by atoms with Crippen molar-refractivity contribution in [3.63, 3.8) is 0 Å². The van der Waals surface area contributed by atoms with E-state index in [1.54, 1.807) is 14.0 Å². The molecule has 6 heteroatoms. The Morgan fingerprint density at radius 1 is 1.50 bits per heavy atom. The summed E-state index contributed by atoms with van der Waals surface area (Å²) in [5, 5.41) is 7.71. The van der Waals surface area contributed by atoms with Gasteiger partial charge >= 0.3 is 0 Å². The molecule has 0 saturated heterocycles. The second-order valence-electron chi connectivity index (χ2n) is 2.48.